The molecule has 1 aliphatic rings. The van der Waals surface area contributed by atoms with Crippen LogP contribution in [-0.4, -0.2) is 41.1 Å². The lowest BCUT2D eigenvalue weighted by Crippen LogP contribution is -2.42. The van der Waals surface area contributed by atoms with Gasteiger partial charge in [0.1, 0.15) is 11.8 Å². The van der Waals surface area contributed by atoms with Crippen LogP contribution in [0.15, 0.2) is 18.2 Å². The van der Waals surface area contributed by atoms with E-state index in [1.54, 1.807) is 12.1 Å². The molecule has 1 saturated heterocycles. The molecule has 0 aromatic heterocycles. The van der Waals surface area contributed by atoms with Gasteiger partial charge in [0, 0.05) is 11.6 Å². The molecule has 0 aliphatic carbocycles. The zero-order valence-corrected chi connectivity index (χ0v) is 12.0. The molecule has 108 valence electrons. The van der Waals surface area contributed by atoms with Gasteiger partial charge >= 0.3 is 5.97 Å². The lowest BCUT2D eigenvalue weighted by molar-refractivity contribution is -0.148. The van der Waals surface area contributed by atoms with Gasteiger partial charge in [0.25, 0.3) is 5.91 Å². The summed E-state index contributed by atoms with van der Waals surface area (Å²) in [6.07, 6.45) is 1.16. The van der Waals surface area contributed by atoms with Crippen molar-refractivity contribution in [1.82, 2.24) is 4.90 Å². The molecule has 0 spiro atoms. The highest BCUT2D eigenvalue weighted by molar-refractivity contribution is 6.35. The first-order chi connectivity index (χ1) is 9.49. The van der Waals surface area contributed by atoms with Crippen LogP contribution in [0, 0.1) is 0 Å². The first kappa shape index (κ1) is 14.9. The third-order valence-electron chi connectivity index (χ3n) is 3.10. The number of rotatable bonds is 4. The van der Waals surface area contributed by atoms with Crippen LogP contribution in [0.5, 0.6) is 5.75 Å². The SMILES string of the molecule is O=C(O)[C@H]1CCCN1C(=O)COc1ccc(Cl)cc1Cl. The number of halogens is 2. The Morgan fingerprint density at radius 1 is 1.40 bits per heavy atom. The van der Waals surface area contributed by atoms with Crippen LogP contribution in [0.1, 0.15) is 12.8 Å². The van der Waals surface area contributed by atoms with E-state index in [0.29, 0.717) is 35.2 Å². The Labute approximate surface area is 126 Å². The molecule has 0 saturated carbocycles. The molecule has 0 bridgehead atoms. The van der Waals surface area contributed by atoms with E-state index in [0.717, 1.165) is 0 Å². The van der Waals surface area contributed by atoms with E-state index in [-0.39, 0.29) is 12.5 Å². The molecular formula is C13H13Cl2NO4. The average Bonchev–Trinajstić information content (AvgIpc) is 2.86. The van der Waals surface area contributed by atoms with Crippen LogP contribution in [0.2, 0.25) is 10.0 Å². The van der Waals surface area contributed by atoms with Crippen molar-refractivity contribution >= 4 is 35.1 Å². The number of hydrogen-bond acceptors (Lipinski definition) is 3. The molecule has 1 aromatic rings. The van der Waals surface area contributed by atoms with E-state index in [2.05, 4.69) is 0 Å². The molecule has 1 fully saturated rings. The second-order valence-corrected chi connectivity index (χ2v) is 5.29. The van der Waals surface area contributed by atoms with Gasteiger partial charge in [0.05, 0.1) is 5.02 Å². The fraction of sp³-hybridized carbons (Fsp3) is 0.385. The molecule has 1 aromatic carbocycles. The maximum absolute atomic E-state index is 12.0. The van der Waals surface area contributed by atoms with E-state index in [9.17, 15) is 9.59 Å². The van der Waals surface area contributed by atoms with Crippen molar-refractivity contribution in [1.29, 1.82) is 0 Å². The Morgan fingerprint density at radius 3 is 2.80 bits per heavy atom. The van der Waals surface area contributed by atoms with Crippen molar-refractivity contribution < 1.29 is 19.4 Å². The quantitative estimate of drug-likeness (QED) is 0.926. The van der Waals surface area contributed by atoms with Gasteiger partial charge in [-0.15, -0.1) is 0 Å². The second kappa shape index (κ2) is 6.33. The molecule has 0 radical (unpaired) electrons. The third kappa shape index (κ3) is 3.35. The normalized spacial score (nSPS) is 18.1. The van der Waals surface area contributed by atoms with Gasteiger partial charge in [-0.05, 0) is 31.0 Å². The molecule has 1 heterocycles. The first-order valence-corrected chi connectivity index (χ1v) is 6.85. The smallest absolute Gasteiger partial charge is 0.326 e. The summed E-state index contributed by atoms with van der Waals surface area (Å²) in [5.74, 6) is -1.00. The summed E-state index contributed by atoms with van der Waals surface area (Å²) in [4.78, 5) is 24.3. The highest BCUT2D eigenvalue weighted by Gasteiger charge is 2.33. The fourth-order valence-corrected chi connectivity index (χ4v) is 2.60. The molecule has 0 unspecified atom stereocenters. The topological polar surface area (TPSA) is 66.8 Å². The zero-order chi connectivity index (χ0) is 14.7. The number of amides is 1. The molecule has 2 rings (SSSR count). The summed E-state index contributed by atoms with van der Waals surface area (Å²) >= 11 is 11.7. The third-order valence-corrected chi connectivity index (χ3v) is 3.63. The van der Waals surface area contributed by atoms with Crippen molar-refractivity contribution in [2.75, 3.05) is 13.2 Å². The van der Waals surface area contributed by atoms with Crippen molar-refractivity contribution in [2.24, 2.45) is 0 Å². The van der Waals surface area contributed by atoms with Crippen LogP contribution in [0.3, 0.4) is 0 Å². The standard InChI is InChI=1S/C13H13Cl2NO4/c14-8-3-4-11(9(15)6-8)20-7-12(17)16-5-1-2-10(16)13(18)19/h3-4,6,10H,1-2,5,7H2,(H,18,19)/t10-/m1/s1. The minimum absolute atomic E-state index is 0.245. The minimum atomic E-state index is -0.986. The summed E-state index contributed by atoms with van der Waals surface area (Å²) in [7, 11) is 0. The first-order valence-electron chi connectivity index (χ1n) is 6.09. The molecule has 20 heavy (non-hydrogen) atoms. The van der Waals surface area contributed by atoms with E-state index >= 15 is 0 Å². The van der Waals surface area contributed by atoms with Crippen molar-refractivity contribution in [3.63, 3.8) is 0 Å². The zero-order valence-electron chi connectivity index (χ0n) is 10.5. The molecule has 1 aliphatic heterocycles. The number of carboxylic acid groups (broad SMARTS) is 1. The van der Waals surface area contributed by atoms with Crippen LogP contribution in [0.4, 0.5) is 0 Å². The van der Waals surface area contributed by atoms with E-state index < -0.39 is 12.0 Å². The molecular weight excluding hydrogens is 305 g/mol. The van der Waals surface area contributed by atoms with Crippen molar-refractivity contribution in [3.05, 3.63) is 28.2 Å². The number of carbonyl (C=O) groups excluding carboxylic acids is 1. The maximum atomic E-state index is 12.0. The predicted molar refractivity (Wildman–Crippen MR) is 74.3 cm³/mol. The summed E-state index contributed by atoms with van der Waals surface area (Å²) in [6, 6.07) is 3.92. The Kier molecular flexibility index (Phi) is 4.73. The Balaban J connectivity index is 1.96. The molecule has 5 nitrogen and oxygen atoms in total. The van der Waals surface area contributed by atoms with Crippen LogP contribution in [0.25, 0.3) is 0 Å². The van der Waals surface area contributed by atoms with Gasteiger partial charge in [0.2, 0.25) is 0 Å². The summed E-state index contributed by atoms with van der Waals surface area (Å²) < 4.78 is 5.32. The van der Waals surface area contributed by atoms with Gasteiger partial charge in [0.15, 0.2) is 6.61 Å². The molecule has 1 amide bonds. The highest BCUT2D eigenvalue weighted by atomic mass is 35.5. The fourth-order valence-electron chi connectivity index (χ4n) is 2.14. The summed E-state index contributed by atoms with van der Waals surface area (Å²) in [5, 5.41) is 9.80. The number of aliphatic carboxylic acids is 1. The van der Waals surface area contributed by atoms with Crippen molar-refractivity contribution in [2.45, 2.75) is 18.9 Å². The van der Waals surface area contributed by atoms with E-state index in [1.807, 2.05) is 0 Å². The van der Waals surface area contributed by atoms with Crippen LogP contribution in [-0.2, 0) is 9.59 Å². The lowest BCUT2D eigenvalue weighted by Gasteiger charge is -2.21. The van der Waals surface area contributed by atoms with Crippen molar-refractivity contribution in [3.8, 4) is 5.75 Å². The number of hydrogen-bond donors (Lipinski definition) is 1. The van der Waals surface area contributed by atoms with E-state index in [1.165, 1.54) is 11.0 Å². The highest BCUT2D eigenvalue weighted by Crippen LogP contribution is 2.27. The number of ether oxygens (including phenoxy) is 1. The average molecular weight is 318 g/mol. The monoisotopic (exact) mass is 317 g/mol. The van der Waals surface area contributed by atoms with Gasteiger partial charge in [-0.2, -0.15) is 0 Å². The Morgan fingerprint density at radius 2 is 2.15 bits per heavy atom. The van der Waals surface area contributed by atoms with Crippen LogP contribution >= 0.6 is 23.2 Å². The van der Waals surface area contributed by atoms with Gasteiger partial charge in [-0.3, -0.25) is 4.79 Å². The molecule has 1 atom stereocenters. The summed E-state index contributed by atoms with van der Waals surface area (Å²) in [6.45, 7) is 0.193. The second-order valence-electron chi connectivity index (χ2n) is 4.45. The van der Waals surface area contributed by atoms with Gasteiger partial charge < -0.3 is 14.7 Å². The Bertz CT molecular complexity index is 535. The number of likely N-dealkylation sites (tertiary alicyclic amines) is 1. The van der Waals surface area contributed by atoms with Crippen LogP contribution < -0.4 is 4.74 Å². The molecule has 7 heteroatoms. The maximum Gasteiger partial charge on any atom is 0.326 e. The predicted octanol–water partition coefficient (Wildman–Crippen LogP) is 2.45. The lowest BCUT2D eigenvalue weighted by atomic mass is 10.2. The summed E-state index contributed by atoms with van der Waals surface area (Å²) in [5.41, 5.74) is 0. The number of benzene rings is 1. The number of nitrogens with zero attached hydrogens (tertiary/aromatic N) is 1. The Hall–Kier alpha value is -1.46. The number of carboxylic acids is 1. The van der Waals surface area contributed by atoms with Gasteiger partial charge in [-0.1, -0.05) is 23.2 Å². The molecule has 1 N–H and O–H groups in total. The van der Waals surface area contributed by atoms with Gasteiger partial charge in [-0.25, -0.2) is 4.79 Å². The van der Waals surface area contributed by atoms with E-state index in [4.69, 9.17) is 33.0 Å². The number of carbonyl (C=O) groups is 2. The minimum Gasteiger partial charge on any atom is -0.482 e. The largest absolute Gasteiger partial charge is 0.482 e.